The van der Waals surface area contributed by atoms with Crippen LogP contribution in [-0.2, 0) is 22.4 Å². The number of anilines is 1. The molecule has 1 aromatic heterocycles. The molecule has 1 aromatic carbocycles. The minimum absolute atomic E-state index is 0.110. The van der Waals surface area contributed by atoms with Crippen molar-refractivity contribution in [2.75, 3.05) is 18.5 Å². The number of carbonyl (C=O) groups excluding carboxylic acids is 2. The van der Waals surface area contributed by atoms with Crippen molar-refractivity contribution in [3.63, 3.8) is 0 Å². The van der Waals surface area contributed by atoms with E-state index in [0.29, 0.717) is 36.6 Å². The average molecular weight is 480 g/mol. The third kappa shape index (κ3) is 5.60. The lowest BCUT2D eigenvalue weighted by Crippen LogP contribution is -2.16. The van der Waals surface area contributed by atoms with Gasteiger partial charge >= 0.3 is 5.97 Å². The second kappa shape index (κ2) is 10.3. The maximum Gasteiger partial charge on any atom is 0.341 e. The van der Waals surface area contributed by atoms with Gasteiger partial charge in [-0.2, -0.15) is 0 Å². The molecule has 0 saturated heterocycles. The van der Waals surface area contributed by atoms with Crippen LogP contribution >= 0.6 is 27.3 Å². The molecule has 3 rings (SSSR count). The van der Waals surface area contributed by atoms with Crippen LogP contribution in [0, 0.1) is 6.92 Å². The zero-order chi connectivity index (χ0) is 20.8. The van der Waals surface area contributed by atoms with Gasteiger partial charge in [0.2, 0.25) is 5.91 Å². The Kier molecular flexibility index (Phi) is 7.72. The largest absolute Gasteiger partial charge is 0.492 e. The second-order valence-corrected chi connectivity index (χ2v) is 9.03. The van der Waals surface area contributed by atoms with Crippen molar-refractivity contribution >= 4 is 44.1 Å². The Morgan fingerprint density at radius 2 is 2.03 bits per heavy atom. The molecular weight excluding hydrogens is 454 g/mol. The van der Waals surface area contributed by atoms with Crippen molar-refractivity contribution in [1.29, 1.82) is 0 Å². The number of ether oxygens (including phenoxy) is 2. The molecule has 1 aliphatic rings. The van der Waals surface area contributed by atoms with Gasteiger partial charge in [0.05, 0.1) is 23.2 Å². The fourth-order valence-electron chi connectivity index (χ4n) is 3.40. The van der Waals surface area contributed by atoms with Gasteiger partial charge in [0.1, 0.15) is 10.8 Å². The highest BCUT2D eigenvalue weighted by Crippen LogP contribution is 2.38. The van der Waals surface area contributed by atoms with E-state index in [9.17, 15) is 9.59 Å². The molecule has 5 nitrogen and oxygen atoms in total. The Hall–Kier alpha value is -1.86. The second-order valence-electron chi connectivity index (χ2n) is 7.07. The molecule has 0 saturated carbocycles. The van der Waals surface area contributed by atoms with E-state index in [-0.39, 0.29) is 11.9 Å². The van der Waals surface area contributed by atoms with E-state index in [1.165, 1.54) is 16.2 Å². The van der Waals surface area contributed by atoms with Crippen LogP contribution in [-0.4, -0.2) is 25.1 Å². The van der Waals surface area contributed by atoms with Gasteiger partial charge in [-0.25, -0.2) is 4.79 Å². The molecule has 1 N–H and O–H groups in total. The lowest BCUT2D eigenvalue weighted by atomic mass is 9.95. The van der Waals surface area contributed by atoms with Crippen LogP contribution in [0.5, 0.6) is 5.75 Å². The van der Waals surface area contributed by atoms with E-state index >= 15 is 0 Å². The zero-order valence-electron chi connectivity index (χ0n) is 16.8. The summed E-state index contributed by atoms with van der Waals surface area (Å²) < 4.78 is 11.9. The van der Waals surface area contributed by atoms with Crippen LogP contribution in [0.4, 0.5) is 5.00 Å². The lowest BCUT2D eigenvalue weighted by molar-refractivity contribution is -0.116. The van der Waals surface area contributed by atoms with E-state index in [1.807, 2.05) is 25.1 Å². The zero-order valence-corrected chi connectivity index (χ0v) is 19.2. The van der Waals surface area contributed by atoms with E-state index in [2.05, 4.69) is 21.2 Å². The molecule has 156 valence electrons. The monoisotopic (exact) mass is 479 g/mol. The van der Waals surface area contributed by atoms with Crippen molar-refractivity contribution in [1.82, 2.24) is 0 Å². The maximum absolute atomic E-state index is 12.5. The molecular formula is C22H26BrNO4S. The number of esters is 1. The summed E-state index contributed by atoms with van der Waals surface area (Å²) in [6.45, 7) is 4.58. The average Bonchev–Trinajstić information content (AvgIpc) is 3.04. The standard InChI is InChI=1S/C22H26BrNO4S/c1-3-27-22(26)20-15-7-4-5-8-18(15)29-21(20)24-19(25)9-6-12-28-17-11-10-14(2)13-16(17)23/h10-11,13H,3-9,12H2,1-2H3,(H,24,25). The number of fused-ring (bicyclic) bond motifs is 1. The number of hydrogen-bond donors (Lipinski definition) is 1. The van der Waals surface area contributed by atoms with Crippen molar-refractivity contribution < 1.29 is 19.1 Å². The number of carbonyl (C=O) groups is 2. The predicted octanol–water partition coefficient (Wildman–Crippen LogP) is 5.67. The molecule has 2 aromatic rings. The Labute approximate surface area is 183 Å². The van der Waals surface area contributed by atoms with Crippen LogP contribution in [0.3, 0.4) is 0 Å². The molecule has 29 heavy (non-hydrogen) atoms. The Morgan fingerprint density at radius 3 is 2.79 bits per heavy atom. The number of benzene rings is 1. The Morgan fingerprint density at radius 1 is 1.24 bits per heavy atom. The summed E-state index contributed by atoms with van der Waals surface area (Å²) in [5.74, 6) is 0.321. The molecule has 0 fully saturated rings. The van der Waals surface area contributed by atoms with Gasteiger partial charge in [-0.05, 0) is 85.1 Å². The Bertz CT molecular complexity index is 893. The summed E-state index contributed by atoms with van der Waals surface area (Å²) in [5.41, 5.74) is 2.77. The topological polar surface area (TPSA) is 64.6 Å². The minimum atomic E-state index is -0.338. The molecule has 0 radical (unpaired) electrons. The normalized spacial score (nSPS) is 12.9. The number of amides is 1. The molecule has 0 bridgehead atoms. The van der Waals surface area contributed by atoms with Crippen molar-refractivity contribution in [3.8, 4) is 5.75 Å². The maximum atomic E-state index is 12.5. The van der Waals surface area contributed by atoms with Crippen molar-refractivity contribution in [2.45, 2.75) is 52.4 Å². The fraction of sp³-hybridized carbons (Fsp3) is 0.455. The molecule has 0 aliphatic heterocycles. The third-order valence-electron chi connectivity index (χ3n) is 4.80. The first-order chi connectivity index (χ1) is 14.0. The van der Waals surface area contributed by atoms with Gasteiger partial charge < -0.3 is 14.8 Å². The molecule has 1 heterocycles. The summed E-state index contributed by atoms with van der Waals surface area (Å²) in [4.78, 5) is 26.1. The molecule has 0 atom stereocenters. The highest BCUT2D eigenvalue weighted by molar-refractivity contribution is 9.10. The summed E-state index contributed by atoms with van der Waals surface area (Å²) >= 11 is 5.00. The first-order valence-corrected chi connectivity index (χ1v) is 11.6. The van der Waals surface area contributed by atoms with Gasteiger partial charge in [-0.15, -0.1) is 11.3 Å². The first kappa shape index (κ1) is 21.8. The highest BCUT2D eigenvalue weighted by atomic mass is 79.9. The summed E-state index contributed by atoms with van der Waals surface area (Å²) in [6, 6.07) is 5.90. The summed E-state index contributed by atoms with van der Waals surface area (Å²) in [6.07, 6.45) is 4.93. The van der Waals surface area contributed by atoms with Gasteiger partial charge in [0, 0.05) is 11.3 Å². The SMILES string of the molecule is CCOC(=O)c1c(NC(=O)CCCOc2ccc(C)cc2Br)sc2c1CCCC2. The number of nitrogens with one attached hydrogen (secondary N) is 1. The van der Waals surface area contributed by atoms with Crippen molar-refractivity contribution in [3.05, 3.63) is 44.2 Å². The lowest BCUT2D eigenvalue weighted by Gasteiger charge is -2.12. The molecule has 1 amide bonds. The fourth-order valence-corrected chi connectivity index (χ4v) is 5.30. The summed E-state index contributed by atoms with van der Waals surface area (Å²) in [7, 11) is 0. The third-order valence-corrected chi connectivity index (χ3v) is 6.62. The number of hydrogen-bond acceptors (Lipinski definition) is 5. The number of aryl methyl sites for hydroxylation is 2. The number of halogens is 1. The van der Waals surface area contributed by atoms with E-state index < -0.39 is 0 Å². The minimum Gasteiger partial charge on any atom is -0.492 e. The highest BCUT2D eigenvalue weighted by Gasteiger charge is 2.27. The van der Waals surface area contributed by atoms with Gasteiger partial charge in [-0.3, -0.25) is 4.79 Å². The van der Waals surface area contributed by atoms with E-state index in [0.717, 1.165) is 47.0 Å². The van der Waals surface area contributed by atoms with Crippen LogP contribution < -0.4 is 10.1 Å². The van der Waals surface area contributed by atoms with Gasteiger partial charge in [0.25, 0.3) is 0 Å². The first-order valence-electron chi connectivity index (χ1n) is 10.00. The van der Waals surface area contributed by atoms with E-state index in [1.54, 1.807) is 6.92 Å². The van der Waals surface area contributed by atoms with Crippen LogP contribution in [0.2, 0.25) is 0 Å². The Balaban J connectivity index is 1.57. The molecule has 1 aliphatic carbocycles. The predicted molar refractivity (Wildman–Crippen MR) is 119 cm³/mol. The van der Waals surface area contributed by atoms with Crippen molar-refractivity contribution in [2.24, 2.45) is 0 Å². The number of rotatable bonds is 8. The molecule has 0 unspecified atom stereocenters. The quantitative estimate of drug-likeness (QED) is 0.391. The number of thiophene rings is 1. The van der Waals surface area contributed by atoms with Crippen LogP contribution in [0.1, 0.15) is 59.0 Å². The molecule has 7 heteroatoms. The van der Waals surface area contributed by atoms with E-state index in [4.69, 9.17) is 9.47 Å². The van der Waals surface area contributed by atoms with Gasteiger partial charge in [-0.1, -0.05) is 6.07 Å². The molecule has 0 spiro atoms. The van der Waals surface area contributed by atoms with Crippen LogP contribution in [0.15, 0.2) is 22.7 Å². The summed E-state index contributed by atoms with van der Waals surface area (Å²) in [5, 5.41) is 3.57. The van der Waals surface area contributed by atoms with Gasteiger partial charge in [0.15, 0.2) is 0 Å². The smallest absolute Gasteiger partial charge is 0.341 e. The van der Waals surface area contributed by atoms with Crippen LogP contribution in [0.25, 0.3) is 0 Å².